The molecule has 0 spiro atoms. The molecule has 162 valence electrons. The van der Waals surface area contributed by atoms with Crippen LogP contribution in [0.2, 0.25) is 0 Å². The summed E-state index contributed by atoms with van der Waals surface area (Å²) in [7, 11) is 1.30. The lowest BCUT2D eigenvalue weighted by atomic mass is 9.81. The van der Waals surface area contributed by atoms with Gasteiger partial charge in [0, 0.05) is 17.7 Å². The zero-order valence-corrected chi connectivity index (χ0v) is 17.9. The number of carbonyl (C=O) groups is 1. The van der Waals surface area contributed by atoms with Crippen molar-refractivity contribution in [1.82, 2.24) is 4.57 Å². The lowest BCUT2D eigenvalue weighted by Crippen LogP contribution is -2.58. The van der Waals surface area contributed by atoms with Gasteiger partial charge < -0.3 is 9.47 Å². The number of nitrogens with zero attached hydrogens (tertiary/aromatic N) is 3. The number of methoxy groups -OCH3 is 1. The molecule has 2 aromatic carbocycles. The van der Waals surface area contributed by atoms with Crippen LogP contribution < -0.4 is 19.6 Å². The second-order valence-corrected chi connectivity index (χ2v) is 8.68. The van der Waals surface area contributed by atoms with Crippen molar-refractivity contribution in [3.63, 3.8) is 0 Å². The highest BCUT2D eigenvalue weighted by atomic mass is 32.1. The molecule has 32 heavy (non-hydrogen) atoms. The minimum Gasteiger partial charge on any atom is -0.469 e. The number of rotatable bonds is 3. The highest BCUT2D eigenvalue weighted by Crippen LogP contribution is 2.47. The number of hydrogen-bond acceptors (Lipinski definition) is 8. The van der Waals surface area contributed by atoms with Crippen molar-refractivity contribution in [2.45, 2.75) is 18.7 Å². The van der Waals surface area contributed by atoms with Gasteiger partial charge in [-0.2, -0.15) is 0 Å². The fourth-order valence-corrected chi connectivity index (χ4v) is 5.37. The number of nitro benzene ring substituents is 1. The first kappa shape index (κ1) is 20.1. The van der Waals surface area contributed by atoms with Gasteiger partial charge in [-0.15, -0.1) is 0 Å². The second-order valence-electron chi connectivity index (χ2n) is 7.67. The lowest BCUT2D eigenvalue weighted by Gasteiger charge is -2.44. The van der Waals surface area contributed by atoms with E-state index in [9.17, 15) is 19.7 Å². The minimum atomic E-state index is -1.23. The van der Waals surface area contributed by atoms with Crippen LogP contribution in [0.1, 0.15) is 24.1 Å². The third kappa shape index (κ3) is 2.94. The monoisotopic (exact) mass is 451 g/mol. The molecule has 0 amide bonds. The number of fused-ring (bicyclic) bond motifs is 6. The Kier molecular flexibility index (Phi) is 4.48. The smallest absolute Gasteiger partial charge is 0.317 e. The summed E-state index contributed by atoms with van der Waals surface area (Å²) in [5.41, 5.74) is -0.213. The van der Waals surface area contributed by atoms with Crippen LogP contribution >= 0.6 is 11.3 Å². The SMILES string of the molecule is COC(=O)[C@@H]1[C@H]2c3ccccc3O[C@@]1(C)N=c1s/c(=C/c3ccc([N+](=O)[O-])cc3)c(=O)n12. The second kappa shape index (κ2) is 7.13. The van der Waals surface area contributed by atoms with Gasteiger partial charge in [0.1, 0.15) is 11.7 Å². The number of para-hydroxylation sites is 1. The number of benzene rings is 2. The van der Waals surface area contributed by atoms with Gasteiger partial charge in [-0.1, -0.05) is 29.5 Å². The van der Waals surface area contributed by atoms with Gasteiger partial charge in [0.15, 0.2) is 4.80 Å². The van der Waals surface area contributed by atoms with Crippen molar-refractivity contribution < 1.29 is 19.2 Å². The number of carbonyl (C=O) groups excluding carboxylic acids is 1. The van der Waals surface area contributed by atoms with Crippen molar-refractivity contribution in [2.75, 3.05) is 7.11 Å². The number of thiazole rings is 1. The third-order valence-corrected chi connectivity index (χ3v) is 6.72. The van der Waals surface area contributed by atoms with Gasteiger partial charge in [-0.25, -0.2) is 4.99 Å². The first-order valence-corrected chi connectivity index (χ1v) is 10.6. The van der Waals surface area contributed by atoms with Gasteiger partial charge >= 0.3 is 5.97 Å². The molecule has 0 unspecified atom stereocenters. The summed E-state index contributed by atoms with van der Waals surface area (Å²) in [6.07, 6.45) is 1.66. The Morgan fingerprint density at radius 1 is 1.28 bits per heavy atom. The molecule has 2 bridgehead atoms. The summed E-state index contributed by atoms with van der Waals surface area (Å²) in [4.78, 5) is 41.7. The van der Waals surface area contributed by atoms with E-state index in [1.807, 2.05) is 18.2 Å². The Labute approximate surface area is 185 Å². The number of ether oxygens (including phenoxy) is 2. The van der Waals surface area contributed by atoms with Crippen LogP contribution in [0.4, 0.5) is 5.69 Å². The maximum Gasteiger partial charge on any atom is 0.317 e. The zero-order chi connectivity index (χ0) is 22.6. The van der Waals surface area contributed by atoms with Crippen LogP contribution in [0, 0.1) is 16.0 Å². The molecular formula is C22H17N3O6S. The predicted octanol–water partition coefficient (Wildman–Crippen LogP) is 1.77. The van der Waals surface area contributed by atoms with Crippen molar-refractivity contribution in [1.29, 1.82) is 0 Å². The Bertz CT molecular complexity index is 1440. The predicted molar refractivity (Wildman–Crippen MR) is 115 cm³/mol. The Morgan fingerprint density at radius 3 is 2.69 bits per heavy atom. The van der Waals surface area contributed by atoms with E-state index in [0.29, 0.717) is 26.2 Å². The van der Waals surface area contributed by atoms with Crippen molar-refractivity contribution in [2.24, 2.45) is 10.9 Å². The number of nitro groups is 1. The molecular weight excluding hydrogens is 434 g/mol. The molecule has 3 aromatic rings. The molecule has 0 aliphatic carbocycles. The van der Waals surface area contributed by atoms with Gasteiger partial charge in [-0.05, 0) is 36.8 Å². The third-order valence-electron chi connectivity index (χ3n) is 5.74. The molecule has 5 rings (SSSR count). The normalized spacial score (nSPS) is 23.4. The van der Waals surface area contributed by atoms with E-state index in [-0.39, 0.29) is 11.2 Å². The van der Waals surface area contributed by atoms with Gasteiger partial charge in [0.25, 0.3) is 11.2 Å². The van der Waals surface area contributed by atoms with Crippen LogP contribution in [-0.4, -0.2) is 28.3 Å². The quantitative estimate of drug-likeness (QED) is 0.341. The van der Waals surface area contributed by atoms with E-state index in [0.717, 1.165) is 0 Å². The van der Waals surface area contributed by atoms with Crippen LogP contribution in [0.15, 0.2) is 58.3 Å². The Hall–Kier alpha value is -3.79. The molecule has 0 fully saturated rings. The molecule has 2 aliphatic rings. The molecule has 10 heteroatoms. The van der Waals surface area contributed by atoms with Gasteiger partial charge in [-0.3, -0.25) is 24.3 Å². The molecule has 0 N–H and O–H groups in total. The topological polar surface area (TPSA) is 113 Å². The standard InChI is InChI=1S/C22H17N3O6S/c1-22-17(20(27)30-2)18(14-5-3-4-6-15(14)31-22)24-19(26)16(32-21(24)23-22)11-12-7-9-13(10-8-12)25(28)29/h3-11,17-18H,1-2H3/b16-11+/t17-,18+,22+/m0/s1. The van der Waals surface area contributed by atoms with Gasteiger partial charge in [0.2, 0.25) is 5.72 Å². The van der Waals surface area contributed by atoms with Crippen LogP contribution in [0.5, 0.6) is 5.75 Å². The molecule has 0 saturated heterocycles. The minimum absolute atomic E-state index is 0.0317. The van der Waals surface area contributed by atoms with Crippen LogP contribution in [0.3, 0.4) is 0 Å². The lowest BCUT2D eigenvalue weighted by molar-refractivity contribution is -0.384. The number of non-ortho nitro benzene ring substituents is 1. The first-order chi connectivity index (χ1) is 15.3. The Morgan fingerprint density at radius 2 is 2.00 bits per heavy atom. The largest absolute Gasteiger partial charge is 0.469 e. The van der Waals surface area contributed by atoms with E-state index in [2.05, 4.69) is 4.99 Å². The summed E-state index contributed by atoms with van der Waals surface area (Å²) >= 11 is 1.18. The maximum absolute atomic E-state index is 13.4. The summed E-state index contributed by atoms with van der Waals surface area (Å²) in [6.45, 7) is 1.71. The van der Waals surface area contributed by atoms with Crippen molar-refractivity contribution in [3.8, 4) is 5.75 Å². The van der Waals surface area contributed by atoms with Crippen LogP contribution in [-0.2, 0) is 9.53 Å². The molecule has 3 atom stereocenters. The van der Waals surface area contributed by atoms with E-state index >= 15 is 0 Å². The van der Waals surface area contributed by atoms with E-state index < -0.39 is 28.6 Å². The molecule has 0 radical (unpaired) electrons. The zero-order valence-electron chi connectivity index (χ0n) is 17.1. The fraction of sp³-hybridized carbons (Fsp3) is 0.227. The number of hydrogen-bond donors (Lipinski definition) is 0. The molecule has 3 heterocycles. The Balaban J connectivity index is 1.73. The molecule has 1 aromatic heterocycles. The van der Waals surface area contributed by atoms with Crippen molar-refractivity contribution >= 4 is 29.1 Å². The summed E-state index contributed by atoms with van der Waals surface area (Å²) in [5, 5.41) is 10.9. The van der Waals surface area contributed by atoms with E-state index in [1.54, 1.807) is 31.2 Å². The summed E-state index contributed by atoms with van der Waals surface area (Å²) in [6, 6.07) is 12.5. The average molecular weight is 451 g/mol. The van der Waals surface area contributed by atoms with Gasteiger partial charge in [0.05, 0.1) is 22.6 Å². The highest BCUT2D eigenvalue weighted by Gasteiger charge is 2.55. The average Bonchev–Trinajstić information content (AvgIpc) is 3.06. The highest BCUT2D eigenvalue weighted by molar-refractivity contribution is 7.07. The van der Waals surface area contributed by atoms with Crippen LogP contribution in [0.25, 0.3) is 6.08 Å². The number of aromatic nitrogens is 1. The molecule has 9 nitrogen and oxygen atoms in total. The molecule has 0 saturated carbocycles. The maximum atomic E-state index is 13.4. The fourth-order valence-electron chi connectivity index (χ4n) is 4.27. The number of esters is 1. The van der Waals surface area contributed by atoms with Crippen molar-refractivity contribution in [3.05, 3.63) is 89.5 Å². The molecule has 2 aliphatic heterocycles. The van der Waals surface area contributed by atoms with E-state index in [1.165, 1.54) is 35.1 Å². The first-order valence-electron chi connectivity index (χ1n) is 9.75. The summed E-state index contributed by atoms with van der Waals surface area (Å²) < 4.78 is 13.1. The summed E-state index contributed by atoms with van der Waals surface area (Å²) in [5.74, 6) is -0.789. The van der Waals surface area contributed by atoms with E-state index in [4.69, 9.17) is 9.47 Å².